The molecule has 0 aliphatic rings. The van der Waals surface area contributed by atoms with Crippen molar-refractivity contribution in [1.82, 2.24) is 15.0 Å². The van der Waals surface area contributed by atoms with Gasteiger partial charge in [0.15, 0.2) is 5.16 Å². The number of hydrazone groups is 1. The van der Waals surface area contributed by atoms with E-state index >= 15 is 0 Å². The number of hydrogen-bond acceptors (Lipinski definition) is 4. The quantitative estimate of drug-likeness (QED) is 0.170. The van der Waals surface area contributed by atoms with Gasteiger partial charge in [0.25, 0.3) is 5.91 Å². The third kappa shape index (κ3) is 5.67. The Morgan fingerprint density at radius 2 is 1.49 bits per heavy atom. The second-order valence-corrected chi connectivity index (χ2v) is 8.97. The predicted octanol–water partition coefficient (Wildman–Crippen LogP) is 5.99. The molecular formula is C29H24N4OS. The zero-order chi connectivity index (χ0) is 23.9. The van der Waals surface area contributed by atoms with Gasteiger partial charge in [-0.15, -0.1) is 0 Å². The van der Waals surface area contributed by atoms with Crippen LogP contribution in [0.1, 0.15) is 11.1 Å². The van der Waals surface area contributed by atoms with Gasteiger partial charge in [-0.3, -0.25) is 4.79 Å². The van der Waals surface area contributed by atoms with Crippen LogP contribution in [0.5, 0.6) is 0 Å². The first-order valence-corrected chi connectivity index (χ1v) is 12.3. The summed E-state index contributed by atoms with van der Waals surface area (Å²) in [6.07, 6.45) is 1.65. The van der Waals surface area contributed by atoms with E-state index in [1.807, 2.05) is 78.9 Å². The number of nitrogens with one attached hydrogen (secondary N) is 1. The molecule has 0 spiro atoms. The van der Waals surface area contributed by atoms with Crippen molar-refractivity contribution in [1.29, 1.82) is 0 Å². The van der Waals surface area contributed by atoms with Crippen LogP contribution in [0.2, 0.25) is 0 Å². The molecule has 0 saturated heterocycles. The van der Waals surface area contributed by atoms with E-state index in [0.717, 1.165) is 27.3 Å². The zero-order valence-electron chi connectivity index (χ0n) is 19.0. The molecule has 5 nitrogen and oxygen atoms in total. The Morgan fingerprint density at radius 3 is 2.26 bits per heavy atom. The average Bonchev–Trinajstić information content (AvgIpc) is 3.26. The van der Waals surface area contributed by atoms with E-state index in [0.29, 0.717) is 6.54 Å². The summed E-state index contributed by atoms with van der Waals surface area (Å²) in [5, 5.41) is 4.93. The highest BCUT2D eigenvalue weighted by atomic mass is 32.2. The van der Waals surface area contributed by atoms with E-state index in [2.05, 4.69) is 45.4 Å². The normalized spacial score (nSPS) is 11.2. The van der Waals surface area contributed by atoms with Crippen LogP contribution in [0, 0.1) is 0 Å². The Hall–Kier alpha value is -4.16. The molecule has 4 aromatic carbocycles. The zero-order valence-corrected chi connectivity index (χ0v) is 19.9. The number of rotatable bonds is 8. The van der Waals surface area contributed by atoms with Crippen molar-refractivity contribution in [2.45, 2.75) is 11.7 Å². The predicted molar refractivity (Wildman–Crippen MR) is 144 cm³/mol. The number of imidazole rings is 1. The van der Waals surface area contributed by atoms with Gasteiger partial charge in [0.05, 0.1) is 29.5 Å². The molecule has 1 heterocycles. The largest absolute Gasteiger partial charge is 0.314 e. The SMILES string of the molecule is O=C(CSc1nc2ccccc2n1Cc1ccccc1)N/N=C/c1ccc(-c2ccccc2)cc1. The van der Waals surface area contributed by atoms with Gasteiger partial charge in [-0.2, -0.15) is 5.10 Å². The molecule has 0 aliphatic heterocycles. The number of hydrogen-bond donors (Lipinski definition) is 1. The molecule has 5 rings (SSSR count). The molecule has 1 aromatic heterocycles. The highest BCUT2D eigenvalue weighted by Gasteiger charge is 2.13. The average molecular weight is 477 g/mol. The maximum Gasteiger partial charge on any atom is 0.250 e. The summed E-state index contributed by atoms with van der Waals surface area (Å²) in [5.41, 5.74) is 9.01. The van der Waals surface area contributed by atoms with Crippen LogP contribution in [0.15, 0.2) is 119 Å². The molecule has 0 radical (unpaired) electrons. The van der Waals surface area contributed by atoms with Crippen molar-refractivity contribution in [3.63, 3.8) is 0 Å². The Bertz CT molecular complexity index is 1450. The van der Waals surface area contributed by atoms with Gasteiger partial charge in [0, 0.05) is 0 Å². The van der Waals surface area contributed by atoms with Crippen molar-refractivity contribution in [2.75, 3.05) is 5.75 Å². The topological polar surface area (TPSA) is 59.3 Å². The molecule has 0 unspecified atom stereocenters. The molecule has 5 aromatic rings. The van der Waals surface area contributed by atoms with E-state index in [1.165, 1.54) is 22.9 Å². The molecule has 0 atom stereocenters. The van der Waals surface area contributed by atoms with Crippen LogP contribution in [0.3, 0.4) is 0 Å². The number of para-hydroxylation sites is 2. The van der Waals surface area contributed by atoms with Gasteiger partial charge in [-0.25, -0.2) is 10.4 Å². The monoisotopic (exact) mass is 476 g/mol. The Morgan fingerprint density at radius 1 is 0.829 bits per heavy atom. The molecule has 0 bridgehead atoms. The van der Waals surface area contributed by atoms with Crippen LogP contribution in [-0.4, -0.2) is 27.4 Å². The molecule has 1 N–H and O–H groups in total. The van der Waals surface area contributed by atoms with Gasteiger partial charge in [-0.1, -0.05) is 109 Å². The first-order valence-electron chi connectivity index (χ1n) is 11.4. The molecule has 6 heteroatoms. The van der Waals surface area contributed by atoms with Crippen molar-refractivity contribution in [3.8, 4) is 11.1 Å². The van der Waals surface area contributed by atoms with Crippen molar-refractivity contribution < 1.29 is 4.79 Å². The standard InChI is InChI=1S/C29H24N4OS/c34-28(32-30-19-22-15-17-25(18-16-22)24-11-5-2-6-12-24)21-35-29-31-26-13-7-8-14-27(26)33(29)20-23-9-3-1-4-10-23/h1-19H,20-21H2,(H,32,34)/b30-19+. The molecule has 35 heavy (non-hydrogen) atoms. The fraction of sp³-hybridized carbons (Fsp3) is 0.0690. The van der Waals surface area contributed by atoms with E-state index in [1.54, 1.807) is 6.21 Å². The second kappa shape index (κ2) is 10.8. The minimum atomic E-state index is -0.175. The first-order chi connectivity index (χ1) is 17.3. The lowest BCUT2D eigenvalue weighted by molar-refractivity contribution is -0.118. The Labute approximate surface area is 208 Å². The third-order valence-corrected chi connectivity index (χ3v) is 6.53. The molecule has 0 saturated carbocycles. The number of nitrogens with zero attached hydrogens (tertiary/aromatic N) is 3. The summed E-state index contributed by atoms with van der Waals surface area (Å²) < 4.78 is 2.15. The summed E-state index contributed by atoms with van der Waals surface area (Å²) in [6, 6.07) is 36.6. The van der Waals surface area contributed by atoms with Crippen LogP contribution in [0.25, 0.3) is 22.2 Å². The maximum absolute atomic E-state index is 12.4. The minimum absolute atomic E-state index is 0.175. The lowest BCUT2D eigenvalue weighted by Gasteiger charge is -2.09. The Balaban J connectivity index is 1.21. The summed E-state index contributed by atoms with van der Waals surface area (Å²) in [6.45, 7) is 0.697. The number of amides is 1. The molecule has 0 fully saturated rings. The van der Waals surface area contributed by atoms with Crippen molar-refractivity contribution in [2.24, 2.45) is 5.10 Å². The smallest absolute Gasteiger partial charge is 0.250 e. The van der Waals surface area contributed by atoms with E-state index in [9.17, 15) is 4.79 Å². The van der Waals surface area contributed by atoms with Gasteiger partial charge < -0.3 is 4.57 Å². The fourth-order valence-corrected chi connectivity index (χ4v) is 4.62. The number of fused-ring (bicyclic) bond motifs is 1. The van der Waals surface area contributed by atoms with Gasteiger partial charge >= 0.3 is 0 Å². The van der Waals surface area contributed by atoms with Gasteiger partial charge in [-0.05, 0) is 34.4 Å². The molecule has 1 amide bonds. The number of carbonyl (C=O) groups is 1. The van der Waals surface area contributed by atoms with Crippen LogP contribution < -0.4 is 5.43 Å². The summed E-state index contributed by atoms with van der Waals surface area (Å²) >= 11 is 1.41. The lowest BCUT2D eigenvalue weighted by Crippen LogP contribution is -2.20. The maximum atomic E-state index is 12.4. The highest BCUT2D eigenvalue weighted by Crippen LogP contribution is 2.25. The number of benzene rings is 4. The summed E-state index contributed by atoms with van der Waals surface area (Å²) in [5.74, 6) is 0.0491. The minimum Gasteiger partial charge on any atom is -0.314 e. The number of thioether (sulfide) groups is 1. The highest BCUT2D eigenvalue weighted by molar-refractivity contribution is 7.99. The van der Waals surface area contributed by atoms with Crippen molar-refractivity contribution in [3.05, 3.63) is 120 Å². The fourth-order valence-electron chi connectivity index (χ4n) is 3.82. The van der Waals surface area contributed by atoms with E-state index < -0.39 is 0 Å². The van der Waals surface area contributed by atoms with Crippen LogP contribution in [0.4, 0.5) is 0 Å². The molecule has 0 aliphatic carbocycles. The lowest BCUT2D eigenvalue weighted by atomic mass is 10.0. The van der Waals surface area contributed by atoms with Crippen LogP contribution in [-0.2, 0) is 11.3 Å². The molecular weight excluding hydrogens is 452 g/mol. The first kappa shape index (κ1) is 22.6. The van der Waals surface area contributed by atoms with Crippen molar-refractivity contribution >= 4 is 34.9 Å². The summed E-state index contributed by atoms with van der Waals surface area (Å²) in [7, 11) is 0. The molecule has 172 valence electrons. The van der Waals surface area contributed by atoms with E-state index in [4.69, 9.17) is 4.98 Å². The second-order valence-electron chi connectivity index (χ2n) is 8.02. The van der Waals surface area contributed by atoms with E-state index in [-0.39, 0.29) is 11.7 Å². The van der Waals surface area contributed by atoms with Gasteiger partial charge in [0.1, 0.15) is 0 Å². The Kier molecular flexibility index (Phi) is 7.01. The number of carbonyl (C=O) groups excluding carboxylic acids is 1. The van der Waals surface area contributed by atoms with Gasteiger partial charge in [0.2, 0.25) is 0 Å². The summed E-state index contributed by atoms with van der Waals surface area (Å²) in [4.78, 5) is 17.2. The van der Waals surface area contributed by atoms with Crippen LogP contribution >= 0.6 is 11.8 Å². The number of aromatic nitrogens is 2. The third-order valence-electron chi connectivity index (χ3n) is 5.56.